The molecule has 1 aliphatic heterocycles. The fraction of sp³-hybridized carbons (Fsp3) is 0.278. The Morgan fingerprint density at radius 3 is 2.44 bits per heavy atom. The van der Waals surface area contributed by atoms with Gasteiger partial charge < -0.3 is 9.64 Å². The first kappa shape index (κ1) is 18.1. The van der Waals surface area contributed by atoms with Crippen LogP contribution in [0.1, 0.15) is 0 Å². The molecule has 27 heavy (non-hydrogen) atoms. The van der Waals surface area contributed by atoms with Crippen molar-refractivity contribution in [3.05, 3.63) is 48.3 Å². The number of fused-ring (bicyclic) bond motifs is 1. The number of anilines is 1. The molecule has 0 saturated carbocycles. The van der Waals surface area contributed by atoms with Crippen LogP contribution in [0.3, 0.4) is 0 Å². The monoisotopic (exact) mass is 407 g/mol. The number of rotatable bonds is 4. The Hall–Kier alpha value is -2.23. The maximum absolute atomic E-state index is 13.1. The molecule has 142 valence electrons. The molecule has 3 aromatic rings. The van der Waals surface area contributed by atoms with Crippen LogP contribution < -0.4 is 9.64 Å². The number of ether oxygens (including phenoxy) is 1. The van der Waals surface area contributed by atoms with Gasteiger partial charge in [0.15, 0.2) is 5.13 Å². The number of aromatic nitrogens is 1. The first-order valence-corrected chi connectivity index (χ1v) is 10.7. The molecule has 9 heteroatoms. The zero-order valence-electron chi connectivity index (χ0n) is 14.6. The van der Waals surface area contributed by atoms with Crippen LogP contribution in [0.15, 0.2) is 47.4 Å². The van der Waals surface area contributed by atoms with Crippen LogP contribution in [0, 0.1) is 5.82 Å². The maximum atomic E-state index is 13.1. The van der Waals surface area contributed by atoms with Crippen LogP contribution in [0.4, 0.5) is 9.52 Å². The molecule has 0 spiro atoms. The van der Waals surface area contributed by atoms with E-state index in [0.29, 0.717) is 26.2 Å². The van der Waals surface area contributed by atoms with E-state index in [4.69, 9.17) is 4.74 Å². The SMILES string of the molecule is COc1ccc2nc(N3CCN(S(=O)(=O)c4ccc(F)cc4)CC3)sc2c1. The first-order valence-electron chi connectivity index (χ1n) is 8.42. The summed E-state index contributed by atoms with van der Waals surface area (Å²) in [6.07, 6.45) is 0. The van der Waals surface area contributed by atoms with Crippen molar-refractivity contribution in [2.45, 2.75) is 4.90 Å². The third kappa shape index (κ3) is 3.50. The van der Waals surface area contributed by atoms with E-state index in [9.17, 15) is 12.8 Å². The smallest absolute Gasteiger partial charge is 0.243 e. The van der Waals surface area contributed by atoms with Gasteiger partial charge in [0.2, 0.25) is 10.0 Å². The van der Waals surface area contributed by atoms with E-state index in [2.05, 4.69) is 9.88 Å². The highest BCUT2D eigenvalue weighted by Crippen LogP contribution is 2.32. The fourth-order valence-corrected chi connectivity index (χ4v) is 5.50. The molecule has 0 aliphatic carbocycles. The zero-order chi connectivity index (χ0) is 19.0. The van der Waals surface area contributed by atoms with E-state index in [0.717, 1.165) is 21.1 Å². The van der Waals surface area contributed by atoms with Gasteiger partial charge >= 0.3 is 0 Å². The number of sulfonamides is 1. The molecular weight excluding hydrogens is 389 g/mol. The van der Waals surface area contributed by atoms with Gasteiger partial charge in [0.05, 0.1) is 22.2 Å². The van der Waals surface area contributed by atoms with Crippen LogP contribution in [-0.4, -0.2) is 51.0 Å². The summed E-state index contributed by atoms with van der Waals surface area (Å²) >= 11 is 1.57. The second-order valence-corrected chi connectivity index (χ2v) is 9.12. The van der Waals surface area contributed by atoms with Crippen molar-refractivity contribution in [2.75, 3.05) is 38.2 Å². The molecule has 6 nitrogen and oxygen atoms in total. The third-order valence-electron chi connectivity index (χ3n) is 4.54. The van der Waals surface area contributed by atoms with Crippen molar-refractivity contribution in [3.8, 4) is 5.75 Å². The number of piperazine rings is 1. The van der Waals surface area contributed by atoms with Gasteiger partial charge in [-0.15, -0.1) is 0 Å². The molecule has 0 amide bonds. The summed E-state index contributed by atoms with van der Waals surface area (Å²) in [7, 11) is -1.98. The van der Waals surface area contributed by atoms with Crippen molar-refractivity contribution in [1.29, 1.82) is 0 Å². The molecule has 2 aromatic carbocycles. The van der Waals surface area contributed by atoms with Gasteiger partial charge in [0.1, 0.15) is 11.6 Å². The molecule has 0 atom stereocenters. The van der Waals surface area contributed by atoms with Gasteiger partial charge in [-0.2, -0.15) is 4.31 Å². The molecule has 1 fully saturated rings. The average molecular weight is 407 g/mol. The third-order valence-corrected chi connectivity index (χ3v) is 7.54. The molecule has 2 heterocycles. The van der Waals surface area contributed by atoms with Crippen LogP contribution in [0.2, 0.25) is 0 Å². The maximum Gasteiger partial charge on any atom is 0.243 e. The van der Waals surface area contributed by atoms with Crippen molar-refractivity contribution in [1.82, 2.24) is 9.29 Å². The van der Waals surface area contributed by atoms with Crippen LogP contribution >= 0.6 is 11.3 Å². The van der Waals surface area contributed by atoms with E-state index < -0.39 is 15.8 Å². The van der Waals surface area contributed by atoms with E-state index in [-0.39, 0.29) is 4.90 Å². The normalized spacial score (nSPS) is 16.0. The van der Waals surface area contributed by atoms with Gasteiger partial charge in [0.25, 0.3) is 0 Å². The lowest BCUT2D eigenvalue weighted by molar-refractivity contribution is 0.385. The molecule has 0 radical (unpaired) electrons. The predicted octanol–water partition coefficient (Wildman–Crippen LogP) is 2.95. The van der Waals surface area contributed by atoms with Gasteiger partial charge in [0, 0.05) is 26.2 Å². The lowest BCUT2D eigenvalue weighted by Crippen LogP contribution is -2.48. The lowest BCUT2D eigenvalue weighted by atomic mass is 10.3. The van der Waals surface area contributed by atoms with Crippen molar-refractivity contribution >= 4 is 36.7 Å². The standard InChI is InChI=1S/C18H18FN3O3S2/c1-25-14-4-7-16-17(12-14)26-18(20-16)21-8-10-22(11-9-21)27(23,24)15-5-2-13(19)3-6-15/h2-7,12H,8-11H2,1H3. The van der Waals surface area contributed by atoms with Gasteiger partial charge in [-0.05, 0) is 42.5 Å². The van der Waals surface area contributed by atoms with Crippen LogP contribution in [0.5, 0.6) is 5.75 Å². The minimum atomic E-state index is -3.61. The second kappa shape index (κ2) is 7.06. The summed E-state index contributed by atoms with van der Waals surface area (Å²) < 4.78 is 46.2. The molecule has 1 saturated heterocycles. The number of methoxy groups -OCH3 is 1. The number of hydrogen-bond donors (Lipinski definition) is 0. The zero-order valence-corrected chi connectivity index (χ0v) is 16.3. The Balaban J connectivity index is 1.49. The van der Waals surface area contributed by atoms with Crippen molar-refractivity contribution < 1.29 is 17.5 Å². The Labute approximate surface area is 160 Å². The van der Waals surface area contributed by atoms with Gasteiger partial charge in [-0.25, -0.2) is 17.8 Å². The summed E-state index contributed by atoms with van der Waals surface area (Å²) in [5, 5.41) is 0.872. The Bertz CT molecular complexity index is 1060. The molecular formula is C18H18FN3O3S2. The summed E-state index contributed by atoms with van der Waals surface area (Å²) in [4.78, 5) is 6.85. The average Bonchev–Trinajstić information content (AvgIpc) is 3.11. The van der Waals surface area contributed by atoms with Gasteiger partial charge in [-0.3, -0.25) is 0 Å². The number of hydrogen-bond acceptors (Lipinski definition) is 6. The van der Waals surface area contributed by atoms with E-state index >= 15 is 0 Å². The molecule has 0 bridgehead atoms. The largest absolute Gasteiger partial charge is 0.497 e. The highest BCUT2D eigenvalue weighted by atomic mass is 32.2. The van der Waals surface area contributed by atoms with E-state index in [1.165, 1.54) is 28.6 Å². The summed E-state index contributed by atoms with van der Waals surface area (Å²) in [5.74, 6) is 0.333. The topological polar surface area (TPSA) is 62.7 Å². The quantitative estimate of drug-likeness (QED) is 0.665. The molecule has 0 unspecified atom stereocenters. The van der Waals surface area contributed by atoms with E-state index in [1.807, 2.05) is 18.2 Å². The van der Waals surface area contributed by atoms with Crippen LogP contribution in [0.25, 0.3) is 10.2 Å². The summed E-state index contributed by atoms with van der Waals surface area (Å²) in [5.41, 5.74) is 0.900. The van der Waals surface area contributed by atoms with Crippen molar-refractivity contribution in [3.63, 3.8) is 0 Å². The van der Waals surface area contributed by atoms with Crippen molar-refractivity contribution in [2.24, 2.45) is 0 Å². The highest BCUT2D eigenvalue weighted by molar-refractivity contribution is 7.89. The predicted molar refractivity (Wildman–Crippen MR) is 104 cm³/mol. The molecule has 0 N–H and O–H groups in total. The Morgan fingerprint density at radius 2 is 1.78 bits per heavy atom. The molecule has 1 aliphatic rings. The Morgan fingerprint density at radius 1 is 1.07 bits per heavy atom. The number of benzene rings is 2. The van der Waals surface area contributed by atoms with Gasteiger partial charge in [-0.1, -0.05) is 11.3 Å². The number of nitrogens with zero attached hydrogens (tertiary/aromatic N) is 3. The number of thiazole rings is 1. The van der Waals surface area contributed by atoms with Crippen LogP contribution in [-0.2, 0) is 10.0 Å². The molecule has 1 aromatic heterocycles. The molecule has 4 rings (SSSR count). The minimum Gasteiger partial charge on any atom is -0.497 e. The second-order valence-electron chi connectivity index (χ2n) is 6.18. The first-order chi connectivity index (χ1) is 13.0. The summed E-state index contributed by atoms with van der Waals surface area (Å²) in [6.45, 7) is 1.83. The lowest BCUT2D eigenvalue weighted by Gasteiger charge is -2.33. The van der Waals surface area contributed by atoms with E-state index in [1.54, 1.807) is 18.4 Å². The minimum absolute atomic E-state index is 0.115. The Kier molecular flexibility index (Phi) is 4.75. The highest BCUT2D eigenvalue weighted by Gasteiger charge is 2.29. The summed E-state index contributed by atoms with van der Waals surface area (Å²) in [6, 6.07) is 10.7. The fourth-order valence-electron chi connectivity index (χ4n) is 3.03. The number of halogens is 1.